The molecule has 2 rings (SSSR count). The zero-order valence-electron chi connectivity index (χ0n) is 15.5. The molecule has 0 saturated carbocycles. The fourth-order valence-electron chi connectivity index (χ4n) is 2.61. The summed E-state index contributed by atoms with van der Waals surface area (Å²) in [5.74, 6) is -0.157. The SMILES string of the molecule is COc1ccc(C(C)=O)cc1COC(=O)CC(NC(N)=O)c1ccc(Cl)cc1. The molecule has 8 heteroatoms. The van der Waals surface area contributed by atoms with Gasteiger partial charge in [0, 0.05) is 16.1 Å². The lowest BCUT2D eigenvalue weighted by atomic mass is 10.0. The Morgan fingerprint density at radius 1 is 1.14 bits per heavy atom. The van der Waals surface area contributed by atoms with Gasteiger partial charge in [-0.1, -0.05) is 23.7 Å². The van der Waals surface area contributed by atoms with Gasteiger partial charge in [0.25, 0.3) is 0 Å². The van der Waals surface area contributed by atoms with Crippen molar-refractivity contribution in [1.82, 2.24) is 5.32 Å². The van der Waals surface area contributed by atoms with Crippen LogP contribution in [0.25, 0.3) is 0 Å². The quantitative estimate of drug-likeness (QED) is 0.518. The summed E-state index contributed by atoms with van der Waals surface area (Å²) in [5.41, 5.74) is 6.92. The van der Waals surface area contributed by atoms with Crippen molar-refractivity contribution in [3.63, 3.8) is 0 Å². The Balaban J connectivity index is 2.08. The van der Waals surface area contributed by atoms with Gasteiger partial charge in [0.2, 0.25) is 0 Å². The zero-order valence-corrected chi connectivity index (χ0v) is 16.3. The first kappa shape index (κ1) is 21.2. The lowest BCUT2D eigenvalue weighted by molar-refractivity contribution is -0.145. The number of nitrogens with two attached hydrogens (primary N) is 1. The third-order valence-electron chi connectivity index (χ3n) is 4.04. The second kappa shape index (κ2) is 9.75. The molecule has 0 spiro atoms. The molecule has 0 saturated heterocycles. The number of amides is 2. The van der Waals surface area contributed by atoms with Crippen LogP contribution in [0.3, 0.4) is 0 Å². The van der Waals surface area contributed by atoms with Crippen LogP contribution < -0.4 is 15.8 Å². The first-order chi connectivity index (χ1) is 13.3. The number of hydrogen-bond donors (Lipinski definition) is 2. The number of carbonyl (C=O) groups excluding carboxylic acids is 3. The number of nitrogens with one attached hydrogen (secondary N) is 1. The number of methoxy groups -OCH3 is 1. The average molecular weight is 405 g/mol. The minimum atomic E-state index is -0.761. The third-order valence-corrected chi connectivity index (χ3v) is 4.29. The first-order valence-electron chi connectivity index (χ1n) is 8.45. The monoisotopic (exact) mass is 404 g/mol. The summed E-state index contributed by atoms with van der Waals surface area (Å²) in [5, 5.41) is 3.05. The minimum absolute atomic E-state index is 0.0764. The largest absolute Gasteiger partial charge is 0.496 e. The van der Waals surface area contributed by atoms with Gasteiger partial charge in [-0.05, 0) is 42.8 Å². The summed E-state index contributed by atoms with van der Waals surface area (Å²) in [6.45, 7) is 1.37. The molecule has 2 aromatic rings. The van der Waals surface area contributed by atoms with Crippen molar-refractivity contribution in [1.29, 1.82) is 0 Å². The van der Waals surface area contributed by atoms with Crippen LogP contribution in [0.15, 0.2) is 42.5 Å². The maximum atomic E-state index is 12.3. The van der Waals surface area contributed by atoms with Gasteiger partial charge >= 0.3 is 12.0 Å². The Hall–Kier alpha value is -3.06. The topological polar surface area (TPSA) is 108 Å². The number of ether oxygens (including phenoxy) is 2. The number of primary amides is 1. The van der Waals surface area contributed by atoms with Crippen molar-refractivity contribution in [2.75, 3.05) is 7.11 Å². The highest BCUT2D eigenvalue weighted by molar-refractivity contribution is 6.30. The predicted molar refractivity (Wildman–Crippen MR) is 104 cm³/mol. The van der Waals surface area contributed by atoms with E-state index in [-0.39, 0.29) is 18.8 Å². The standard InChI is InChI=1S/C20H21ClN2O5/c1-12(24)14-5-8-18(27-2)15(9-14)11-28-19(25)10-17(23-20(22)26)13-3-6-16(21)7-4-13/h3-9,17H,10-11H2,1-2H3,(H3,22,23,26). The van der Waals surface area contributed by atoms with E-state index in [2.05, 4.69) is 5.32 Å². The van der Waals surface area contributed by atoms with Gasteiger partial charge in [-0.25, -0.2) is 4.79 Å². The number of esters is 1. The minimum Gasteiger partial charge on any atom is -0.496 e. The molecule has 0 fully saturated rings. The van der Waals surface area contributed by atoms with Crippen LogP contribution in [-0.2, 0) is 16.1 Å². The van der Waals surface area contributed by atoms with E-state index in [1.165, 1.54) is 14.0 Å². The molecule has 1 atom stereocenters. The van der Waals surface area contributed by atoms with Crippen LogP contribution in [0.2, 0.25) is 5.02 Å². The molecule has 0 aliphatic rings. The van der Waals surface area contributed by atoms with Crippen LogP contribution >= 0.6 is 11.6 Å². The van der Waals surface area contributed by atoms with E-state index < -0.39 is 18.0 Å². The van der Waals surface area contributed by atoms with E-state index in [0.717, 1.165) is 0 Å². The maximum Gasteiger partial charge on any atom is 0.312 e. The maximum absolute atomic E-state index is 12.3. The molecule has 0 bridgehead atoms. The number of ketones is 1. The second-order valence-electron chi connectivity index (χ2n) is 6.06. The van der Waals surface area contributed by atoms with Crippen molar-refractivity contribution in [2.45, 2.75) is 26.0 Å². The number of Topliss-reactive ketones (excluding diaryl/α,β-unsaturated/α-hetero) is 1. The number of urea groups is 1. The highest BCUT2D eigenvalue weighted by Gasteiger charge is 2.19. The number of benzene rings is 2. The van der Waals surface area contributed by atoms with Crippen molar-refractivity contribution in [2.24, 2.45) is 5.73 Å². The summed E-state index contributed by atoms with van der Waals surface area (Å²) in [7, 11) is 1.49. The van der Waals surface area contributed by atoms with E-state index >= 15 is 0 Å². The molecule has 3 N–H and O–H groups in total. The first-order valence-corrected chi connectivity index (χ1v) is 8.83. The molecule has 0 radical (unpaired) electrons. The summed E-state index contributed by atoms with van der Waals surface area (Å²) in [6, 6.07) is 10.2. The van der Waals surface area contributed by atoms with E-state index in [0.29, 0.717) is 27.5 Å². The highest BCUT2D eigenvalue weighted by atomic mass is 35.5. The van der Waals surface area contributed by atoms with Gasteiger partial charge in [0.05, 0.1) is 19.6 Å². The predicted octanol–water partition coefficient (Wildman–Crippen LogP) is 3.39. The summed E-state index contributed by atoms with van der Waals surface area (Å²) in [4.78, 5) is 35.2. The molecular weight excluding hydrogens is 384 g/mol. The highest BCUT2D eigenvalue weighted by Crippen LogP contribution is 2.23. The number of carbonyl (C=O) groups is 3. The average Bonchev–Trinajstić information content (AvgIpc) is 2.65. The summed E-state index contributed by atoms with van der Waals surface area (Å²) < 4.78 is 10.6. The molecule has 0 heterocycles. The summed E-state index contributed by atoms with van der Waals surface area (Å²) >= 11 is 5.87. The Bertz CT molecular complexity index is 867. The van der Waals surface area contributed by atoms with Crippen molar-refractivity contribution < 1.29 is 23.9 Å². The number of rotatable bonds is 8. The Kier molecular flexibility index (Phi) is 7.40. The van der Waals surface area contributed by atoms with Crippen molar-refractivity contribution >= 4 is 29.4 Å². The second-order valence-corrected chi connectivity index (χ2v) is 6.50. The lowest BCUT2D eigenvalue weighted by Crippen LogP contribution is -2.34. The molecular formula is C20H21ClN2O5. The third kappa shape index (κ3) is 5.99. The molecule has 1 unspecified atom stereocenters. The van der Waals surface area contributed by atoms with E-state index in [9.17, 15) is 14.4 Å². The van der Waals surface area contributed by atoms with E-state index in [1.807, 2.05) is 0 Å². The molecule has 2 amide bonds. The molecule has 0 aliphatic carbocycles. The molecule has 7 nitrogen and oxygen atoms in total. The zero-order chi connectivity index (χ0) is 20.7. The van der Waals surface area contributed by atoms with Gasteiger partial charge in [0.15, 0.2) is 5.78 Å². The smallest absolute Gasteiger partial charge is 0.312 e. The fourth-order valence-corrected chi connectivity index (χ4v) is 2.74. The number of halogens is 1. The Morgan fingerprint density at radius 3 is 2.39 bits per heavy atom. The molecule has 28 heavy (non-hydrogen) atoms. The molecule has 2 aromatic carbocycles. The molecule has 0 aromatic heterocycles. The van der Waals surface area contributed by atoms with Crippen LogP contribution in [0, 0.1) is 0 Å². The number of hydrogen-bond acceptors (Lipinski definition) is 5. The molecule has 148 valence electrons. The van der Waals surface area contributed by atoms with Crippen LogP contribution in [-0.4, -0.2) is 24.9 Å². The van der Waals surface area contributed by atoms with E-state index in [4.69, 9.17) is 26.8 Å². The normalized spacial score (nSPS) is 11.4. The van der Waals surface area contributed by atoms with Crippen molar-refractivity contribution in [3.8, 4) is 5.75 Å². The van der Waals surface area contributed by atoms with Crippen LogP contribution in [0.4, 0.5) is 4.79 Å². The Morgan fingerprint density at radius 2 is 1.82 bits per heavy atom. The van der Waals surface area contributed by atoms with Crippen LogP contribution in [0.1, 0.15) is 40.9 Å². The van der Waals surface area contributed by atoms with Gasteiger partial charge in [-0.2, -0.15) is 0 Å². The van der Waals surface area contributed by atoms with E-state index in [1.54, 1.807) is 42.5 Å². The van der Waals surface area contributed by atoms with Gasteiger partial charge < -0.3 is 20.5 Å². The van der Waals surface area contributed by atoms with Gasteiger partial charge in [-0.3, -0.25) is 9.59 Å². The summed E-state index contributed by atoms with van der Waals surface area (Å²) in [6.07, 6.45) is -0.126. The van der Waals surface area contributed by atoms with Crippen molar-refractivity contribution in [3.05, 3.63) is 64.2 Å². The van der Waals surface area contributed by atoms with Gasteiger partial charge in [0.1, 0.15) is 12.4 Å². The van der Waals surface area contributed by atoms with Gasteiger partial charge in [-0.15, -0.1) is 0 Å². The van der Waals surface area contributed by atoms with Crippen LogP contribution in [0.5, 0.6) is 5.75 Å². The fraction of sp³-hybridized carbons (Fsp3) is 0.250. The Labute approximate surface area is 167 Å². The lowest BCUT2D eigenvalue weighted by Gasteiger charge is -2.18. The molecule has 0 aliphatic heterocycles.